The molecule has 0 saturated heterocycles. The van der Waals surface area contributed by atoms with Crippen LogP contribution in [-0.4, -0.2) is 9.97 Å². The van der Waals surface area contributed by atoms with Gasteiger partial charge in [-0.25, -0.2) is 14.4 Å². The van der Waals surface area contributed by atoms with E-state index in [1.165, 1.54) is 6.07 Å². The van der Waals surface area contributed by atoms with Crippen molar-refractivity contribution in [3.63, 3.8) is 0 Å². The second-order valence-electron chi connectivity index (χ2n) is 4.39. The number of halogens is 2. The van der Waals surface area contributed by atoms with E-state index < -0.39 is 0 Å². The highest BCUT2D eigenvalue weighted by atomic mass is 35.5. The van der Waals surface area contributed by atoms with Crippen LogP contribution in [0, 0.1) is 19.7 Å². The monoisotopic (exact) mass is 292 g/mol. The molecule has 0 saturated carbocycles. The third-order valence-electron chi connectivity index (χ3n) is 2.99. The summed E-state index contributed by atoms with van der Waals surface area (Å²) in [4.78, 5) is 9.70. The first-order valence-corrected chi connectivity index (χ1v) is 7.00. The highest BCUT2D eigenvalue weighted by molar-refractivity contribution is 7.13. The van der Waals surface area contributed by atoms with Crippen LogP contribution in [0.5, 0.6) is 0 Å². The summed E-state index contributed by atoms with van der Waals surface area (Å²) in [6.07, 6.45) is 0. The summed E-state index contributed by atoms with van der Waals surface area (Å²) in [5.74, 6) is 0.268. The number of aryl methyl sites for hydroxylation is 2. The van der Waals surface area contributed by atoms with Gasteiger partial charge in [-0.05, 0) is 42.5 Å². The van der Waals surface area contributed by atoms with E-state index in [2.05, 4.69) is 9.97 Å². The van der Waals surface area contributed by atoms with Gasteiger partial charge in [0.25, 0.3) is 0 Å². The zero-order valence-corrected chi connectivity index (χ0v) is 11.9. The average Bonchev–Trinajstić information content (AvgIpc) is 2.78. The third-order valence-corrected chi connectivity index (χ3v) is 4.30. The first kappa shape index (κ1) is 12.5. The molecular weight excluding hydrogens is 283 g/mol. The Hall–Kier alpha value is -1.52. The number of benzene rings is 1. The minimum absolute atomic E-state index is 0.281. The molecule has 3 rings (SSSR count). The Morgan fingerprint density at radius 2 is 1.95 bits per heavy atom. The van der Waals surface area contributed by atoms with Crippen molar-refractivity contribution in [2.75, 3.05) is 0 Å². The van der Waals surface area contributed by atoms with Crippen LogP contribution in [0.25, 0.3) is 21.6 Å². The molecule has 2 heterocycles. The van der Waals surface area contributed by atoms with Crippen molar-refractivity contribution < 1.29 is 4.39 Å². The van der Waals surface area contributed by atoms with E-state index in [0.29, 0.717) is 27.4 Å². The standard InChI is InChI=1S/C14H10ClFN2S/c1-7-3-4-19-12(7)14-17-11-6-10(16)8(2)5-9(11)13(15)18-14/h3-6H,1-2H3. The molecular formula is C14H10ClFN2S. The normalized spacial score (nSPS) is 11.2. The van der Waals surface area contributed by atoms with Gasteiger partial charge in [0.1, 0.15) is 11.0 Å². The lowest BCUT2D eigenvalue weighted by atomic mass is 10.1. The van der Waals surface area contributed by atoms with E-state index in [-0.39, 0.29) is 5.82 Å². The fraction of sp³-hybridized carbons (Fsp3) is 0.143. The Balaban J connectivity index is 2.30. The Morgan fingerprint density at radius 3 is 2.63 bits per heavy atom. The van der Waals surface area contributed by atoms with Gasteiger partial charge in [-0.3, -0.25) is 0 Å². The topological polar surface area (TPSA) is 25.8 Å². The summed E-state index contributed by atoms with van der Waals surface area (Å²) in [6.45, 7) is 3.69. The number of nitrogens with zero attached hydrogens (tertiary/aromatic N) is 2. The predicted octanol–water partition coefficient (Wildman–Crippen LogP) is 4.77. The Labute approximate surface area is 118 Å². The molecule has 2 aromatic heterocycles. The number of thiophene rings is 1. The first-order valence-electron chi connectivity index (χ1n) is 5.74. The lowest BCUT2D eigenvalue weighted by molar-refractivity contribution is 0.620. The number of hydrogen-bond acceptors (Lipinski definition) is 3. The van der Waals surface area contributed by atoms with Gasteiger partial charge in [0.2, 0.25) is 0 Å². The zero-order chi connectivity index (χ0) is 13.6. The number of fused-ring (bicyclic) bond motifs is 1. The molecule has 0 spiro atoms. The van der Waals surface area contributed by atoms with Gasteiger partial charge in [-0.1, -0.05) is 11.6 Å². The summed E-state index contributed by atoms with van der Waals surface area (Å²) in [5.41, 5.74) is 2.16. The SMILES string of the molecule is Cc1cc2c(Cl)nc(-c3sccc3C)nc2cc1F. The van der Waals surface area contributed by atoms with Crippen LogP contribution in [0.1, 0.15) is 11.1 Å². The van der Waals surface area contributed by atoms with E-state index in [1.807, 2.05) is 18.4 Å². The summed E-state index contributed by atoms with van der Waals surface area (Å²) in [5, 5.41) is 3.01. The van der Waals surface area contributed by atoms with Gasteiger partial charge in [-0.2, -0.15) is 0 Å². The van der Waals surface area contributed by atoms with Gasteiger partial charge < -0.3 is 0 Å². The van der Waals surface area contributed by atoms with Gasteiger partial charge in [-0.15, -0.1) is 11.3 Å². The molecule has 0 aliphatic rings. The lowest BCUT2D eigenvalue weighted by Gasteiger charge is -2.05. The predicted molar refractivity (Wildman–Crippen MR) is 77.3 cm³/mol. The minimum Gasteiger partial charge on any atom is -0.227 e. The molecule has 0 atom stereocenters. The largest absolute Gasteiger partial charge is 0.227 e. The molecule has 0 aliphatic carbocycles. The molecule has 5 heteroatoms. The number of rotatable bonds is 1. The molecule has 3 aromatic rings. The fourth-order valence-corrected chi connectivity index (χ4v) is 3.01. The molecule has 0 unspecified atom stereocenters. The summed E-state index contributed by atoms with van der Waals surface area (Å²) >= 11 is 7.74. The zero-order valence-electron chi connectivity index (χ0n) is 10.4. The van der Waals surface area contributed by atoms with Gasteiger partial charge in [0.05, 0.1) is 10.4 Å². The third kappa shape index (κ3) is 2.11. The van der Waals surface area contributed by atoms with E-state index >= 15 is 0 Å². The van der Waals surface area contributed by atoms with Crippen molar-refractivity contribution in [3.05, 3.63) is 45.7 Å². The Kier molecular flexibility index (Phi) is 2.99. The van der Waals surface area contributed by atoms with Crippen molar-refractivity contribution in [1.29, 1.82) is 0 Å². The molecule has 1 aromatic carbocycles. The van der Waals surface area contributed by atoms with Crippen molar-refractivity contribution in [1.82, 2.24) is 9.97 Å². The van der Waals surface area contributed by atoms with Gasteiger partial charge in [0, 0.05) is 11.5 Å². The van der Waals surface area contributed by atoms with Crippen molar-refractivity contribution in [2.24, 2.45) is 0 Å². The molecule has 0 radical (unpaired) electrons. The summed E-state index contributed by atoms with van der Waals surface area (Å²) in [6, 6.07) is 5.08. The van der Waals surface area contributed by atoms with Crippen LogP contribution in [0.4, 0.5) is 4.39 Å². The van der Waals surface area contributed by atoms with Crippen LogP contribution >= 0.6 is 22.9 Å². The molecule has 0 bridgehead atoms. The van der Waals surface area contributed by atoms with Crippen molar-refractivity contribution in [2.45, 2.75) is 13.8 Å². The molecule has 2 nitrogen and oxygen atoms in total. The maximum Gasteiger partial charge on any atom is 0.171 e. The fourth-order valence-electron chi connectivity index (χ4n) is 1.92. The van der Waals surface area contributed by atoms with E-state index in [4.69, 9.17) is 11.6 Å². The maximum atomic E-state index is 13.6. The quantitative estimate of drug-likeness (QED) is 0.604. The molecule has 19 heavy (non-hydrogen) atoms. The molecule has 96 valence electrons. The lowest BCUT2D eigenvalue weighted by Crippen LogP contribution is -1.93. The molecule has 0 fully saturated rings. The highest BCUT2D eigenvalue weighted by Gasteiger charge is 2.12. The van der Waals surface area contributed by atoms with Crippen molar-refractivity contribution in [3.8, 4) is 10.7 Å². The van der Waals surface area contributed by atoms with E-state index in [0.717, 1.165) is 10.4 Å². The molecule has 0 N–H and O–H groups in total. The smallest absolute Gasteiger partial charge is 0.171 e. The second kappa shape index (κ2) is 4.54. The van der Waals surface area contributed by atoms with E-state index in [9.17, 15) is 4.39 Å². The highest BCUT2D eigenvalue weighted by Crippen LogP contribution is 2.30. The first-order chi connectivity index (χ1) is 9.06. The van der Waals surface area contributed by atoms with Crippen LogP contribution in [0.15, 0.2) is 23.6 Å². The van der Waals surface area contributed by atoms with Crippen LogP contribution in [0.3, 0.4) is 0 Å². The van der Waals surface area contributed by atoms with Crippen LogP contribution < -0.4 is 0 Å². The Morgan fingerprint density at radius 1 is 1.16 bits per heavy atom. The Bertz CT molecular complexity index is 782. The maximum absolute atomic E-state index is 13.6. The van der Waals surface area contributed by atoms with Gasteiger partial charge in [0.15, 0.2) is 5.82 Å². The van der Waals surface area contributed by atoms with E-state index in [1.54, 1.807) is 24.3 Å². The molecule has 0 aliphatic heterocycles. The second-order valence-corrected chi connectivity index (χ2v) is 5.66. The molecule has 0 amide bonds. The average molecular weight is 293 g/mol. The number of hydrogen-bond donors (Lipinski definition) is 0. The van der Waals surface area contributed by atoms with Gasteiger partial charge >= 0.3 is 0 Å². The summed E-state index contributed by atoms with van der Waals surface area (Å²) in [7, 11) is 0. The van der Waals surface area contributed by atoms with Crippen LogP contribution in [0.2, 0.25) is 5.15 Å². The minimum atomic E-state index is -0.281. The van der Waals surface area contributed by atoms with Crippen LogP contribution in [-0.2, 0) is 0 Å². The van der Waals surface area contributed by atoms with Crippen molar-refractivity contribution >= 4 is 33.8 Å². The summed E-state index contributed by atoms with van der Waals surface area (Å²) < 4.78 is 13.6. The number of aromatic nitrogens is 2.